The average molecular weight is 364 g/mol. The molecule has 1 aromatic heterocycles. The average Bonchev–Trinajstić information content (AvgIpc) is 3.30. The molecular weight excluding hydrogens is 336 g/mol. The van der Waals surface area contributed by atoms with Crippen molar-refractivity contribution in [2.24, 2.45) is 7.05 Å². The van der Waals surface area contributed by atoms with E-state index in [4.69, 9.17) is 0 Å². The number of piperidine rings is 1. The van der Waals surface area contributed by atoms with Crippen LogP contribution in [-0.4, -0.2) is 76.4 Å². The van der Waals surface area contributed by atoms with E-state index in [1.165, 1.54) is 20.0 Å². The number of methoxy groups -OCH3 is 1. The Morgan fingerprint density at radius 2 is 1.96 bits per heavy atom. The molecule has 9 heteroatoms. The third-order valence-corrected chi connectivity index (χ3v) is 5.27. The van der Waals surface area contributed by atoms with Crippen LogP contribution >= 0.6 is 0 Å². The van der Waals surface area contributed by atoms with E-state index in [2.05, 4.69) is 29.7 Å². The second kappa shape index (κ2) is 8.48. The van der Waals surface area contributed by atoms with Crippen LogP contribution in [0.2, 0.25) is 0 Å². The van der Waals surface area contributed by atoms with E-state index in [1.54, 1.807) is 4.90 Å². The highest BCUT2D eigenvalue weighted by atomic mass is 16.5. The maximum atomic E-state index is 12.3. The molecule has 1 aromatic rings. The van der Waals surface area contributed by atoms with E-state index in [1.807, 2.05) is 7.05 Å². The number of hydrogen-bond acceptors (Lipinski definition) is 6. The van der Waals surface area contributed by atoms with E-state index < -0.39 is 6.09 Å². The fourth-order valence-electron chi connectivity index (χ4n) is 3.76. The van der Waals surface area contributed by atoms with Gasteiger partial charge in [0.15, 0.2) is 0 Å². The van der Waals surface area contributed by atoms with Crippen molar-refractivity contribution in [1.82, 2.24) is 29.9 Å². The molecule has 26 heavy (non-hydrogen) atoms. The van der Waals surface area contributed by atoms with Gasteiger partial charge in [0.1, 0.15) is 18.2 Å². The molecule has 1 N–H and O–H groups in total. The van der Waals surface area contributed by atoms with Gasteiger partial charge in [0.05, 0.1) is 13.7 Å². The molecule has 0 spiro atoms. The Hall–Kier alpha value is -2.16. The summed E-state index contributed by atoms with van der Waals surface area (Å²) in [6.45, 7) is 4.36. The molecule has 144 valence electrons. The van der Waals surface area contributed by atoms with Crippen molar-refractivity contribution in [3.8, 4) is 0 Å². The lowest BCUT2D eigenvalue weighted by atomic mass is 9.97. The zero-order chi connectivity index (χ0) is 18.5. The third kappa shape index (κ3) is 4.32. The first-order valence-electron chi connectivity index (χ1n) is 9.28. The van der Waals surface area contributed by atoms with Gasteiger partial charge in [0, 0.05) is 26.1 Å². The van der Waals surface area contributed by atoms with Crippen LogP contribution in [0, 0.1) is 0 Å². The molecule has 2 aliphatic heterocycles. The minimum Gasteiger partial charge on any atom is -0.453 e. The van der Waals surface area contributed by atoms with Gasteiger partial charge in [-0.2, -0.15) is 0 Å². The number of ether oxygens (including phenoxy) is 1. The van der Waals surface area contributed by atoms with Crippen LogP contribution in [0.1, 0.15) is 43.3 Å². The van der Waals surface area contributed by atoms with E-state index in [0.29, 0.717) is 13.1 Å². The fourth-order valence-corrected chi connectivity index (χ4v) is 3.76. The molecule has 0 saturated carbocycles. The predicted octanol–water partition coefficient (Wildman–Crippen LogP) is 0.473. The lowest BCUT2D eigenvalue weighted by Gasteiger charge is -2.32. The molecule has 2 amide bonds. The Morgan fingerprint density at radius 3 is 2.69 bits per heavy atom. The second-order valence-electron chi connectivity index (χ2n) is 7.04. The molecule has 2 aliphatic rings. The number of alkyl carbamates (subject to hydrolysis) is 1. The van der Waals surface area contributed by atoms with Crippen molar-refractivity contribution >= 4 is 12.0 Å². The van der Waals surface area contributed by atoms with Gasteiger partial charge in [-0.05, 0) is 38.8 Å². The molecule has 0 radical (unpaired) electrons. The van der Waals surface area contributed by atoms with Crippen LogP contribution in [0.4, 0.5) is 4.79 Å². The second-order valence-corrected chi connectivity index (χ2v) is 7.04. The molecule has 9 nitrogen and oxygen atoms in total. The third-order valence-electron chi connectivity index (χ3n) is 5.27. The Morgan fingerprint density at radius 1 is 1.19 bits per heavy atom. The first kappa shape index (κ1) is 18.6. The van der Waals surface area contributed by atoms with Gasteiger partial charge in [-0.15, -0.1) is 10.2 Å². The van der Waals surface area contributed by atoms with Crippen molar-refractivity contribution in [2.45, 2.75) is 38.1 Å². The molecule has 0 aromatic carbocycles. The standard InChI is InChI=1S/C17H28N6O3/c1-21-14(12-22-7-3-4-8-22)19-20-16(21)13-6-5-9-23(11-13)15(24)10-18-17(25)26-2/h13H,3-12H2,1-2H3,(H,18,25)/t13-/m0/s1. The predicted molar refractivity (Wildman–Crippen MR) is 94.5 cm³/mol. The molecule has 1 atom stereocenters. The Kier molecular flexibility index (Phi) is 6.08. The number of nitrogens with one attached hydrogen (secondary N) is 1. The van der Waals surface area contributed by atoms with Gasteiger partial charge in [0.2, 0.25) is 5.91 Å². The van der Waals surface area contributed by atoms with Crippen LogP contribution in [0.5, 0.6) is 0 Å². The molecule has 0 bridgehead atoms. The first-order valence-corrected chi connectivity index (χ1v) is 9.28. The number of hydrogen-bond donors (Lipinski definition) is 1. The number of aromatic nitrogens is 3. The van der Waals surface area contributed by atoms with Gasteiger partial charge in [0.25, 0.3) is 0 Å². The van der Waals surface area contributed by atoms with Crippen molar-refractivity contribution in [2.75, 3.05) is 39.8 Å². The van der Waals surface area contributed by atoms with Gasteiger partial charge >= 0.3 is 6.09 Å². The zero-order valence-corrected chi connectivity index (χ0v) is 15.6. The van der Waals surface area contributed by atoms with Gasteiger partial charge in [-0.1, -0.05) is 0 Å². The quantitative estimate of drug-likeness (QED) is 0.817. The highest BCUT2D eigenvalue weighted by molar-refractivity contribution is 5.82. The van der Waals surface area contributed by atoms with Crippen LogP contribution in [0.3, 0.4) is 0 Å². The Labute approximate surface area is 153 Å². The fraction of sp³-hybridized carbons (Fsp3) is 0.765. The normalized spacial score (nSPS) is 21.0. The van der Waals surface area contributed by atoms with E-state index in [-0.39, 0.29) is 18.4 Å². The maximum Gasteiger partial charge on any atom is 0.407 e. The SMILES string of the molecule is COC(=O)NCC(=O)N1CCC[C@H](c2nnc(CN3CCCC3)n2C)C1. The number of rotatable bonds is 5. The highest BCUT2D eigenvalue weighted by Crippen LogP contribution is 2.26. The summed E-state index contributed by atoms with van der Waals surface area (Å²) < 4.78 is 6.59. The van der Waals surface area contributed by atoms with Crippen molar-refractivity contribution in [3.05, 3.63) is 11.6 Å². The summed E-state index contributed by atoms with van der Waals surface area (Å²) in [5, 5.41) is 11.3. The van der Waals surface area contributed by atoms with E-state index >= 15 is 0 Å². The summed E-state index contributed by atoms with van der Waals surface area (Å²) in [5.74, 6) is 2.01. The number of carbonyl (C=O) groups is 2. The largest absolute Gasteiger partial charge is 0.453 e. The molecular formula is C17H28N6O3. The summed E-state index contributed by atoms with van der Waals surface area (Å²) in [7, 11) is 3.30. The molecule has 2 saturated heterocycles. The van der Waals surface area contributed by atoms with E-state index in [9.17, 15) is 9.59 Å². The number of likely N-dealkylation sites (tertiary alicyclic amines) is 2. The lowest BCUT2D eigenvalue weighted by Crippen LogP contribution is -2.44. The molecule has 2 fully saturated rings. The first-order chi connectivity index (χ1) is 12.6. The monoisotopic (exact) mass is 364 g/mol. The van der Waals surface area contributed by atoms with Gasteiger partial charge < -0.3 is 19.5 Å². The van der Waals surface area contributed by atoms with Gasteiger partial charge in [-0.3, -0.25) is 9.69 Å². The summed E-state index contributed by atoms with van der Waals surface area (Å²) in [5.41, 5.74) is 0. The summed E-state index contributed by atoms with van der Waals surface area (Å²) in [4.78, 5) is 27.7. The van der Waals surface area contributed by atoms with Crippen LogP contribution in [-0.2, 0) is 23.1 Å². The van der Waals surface area contributed by atoms with E-state index in [0.717, 1.165) is 44.1 Å². The van der Waals surface area contributed by atoms with Gasteiger partial charge in [-0.25, -0.2) is 4.79 Å². The zero-order valence-electron chi connectivity index (χ0n) is 15.6. The lowest BCUT2D eigenvalue weighted by molar-refractivity contribution is -0.131. The van der Waals surface area contributed by atoms with Crippen molar-refractivity contribution < 1.29 is 14.3 Å². The van der Waals surface area contributed by atoms with Crippen LogP contribution in [0.15, 0.2) is 0 Å². The summed E-state index contributed by atoms with van der Waals surface area (Å²) >= 11 is 0. The topological polar surface area (TPSA) is 92.6 Å². The Bertz CT molecular complexity index is 640. The molecule has 0 unspecified atom stereocenters. The minimum absolute atomic E-state index is 0.0432. The number of amides is 2. The van der Waals surface area contributed by atoms with Crippen LogP contribution < -0.4 is 5.32 Å². The number of nitrogens with zero attached hydrogens (tertiary/aromatic N) is 5. The molecule has 0 aliphatic carbocycles. The minimum atomic E-state index is -0.591. The number of carbonyl (C=O) groups excluding carboxylic acids is 2. The maximum absolute atomic E-state index is 12.3. The van der Waals surface area contributed by atoms with Crippen LogP contribution in [0.25, 0.3) is 0 Å². The molecule has 3 rings (SSSR count). The smallest absolute Gasteiger partial charge is 0.407 e. The highest BCUT2D eigenvalue weighted by Gasteiger charge is 2.29. The summed E-state index contributed by atoms with van der Waals surface area (Å²) in [6, 6.07) is 0. The summed E-state index contributed by atoms with van der Waals surface area (Å²) in [6.07, 6.45) is 3.83. The van der Waals surface area contributed by atoms with Crippen molar-refractivity contribution in [3.63, 3.8) is 0 Å². The van der Waals surface area contributed by atoms with Crippen molar-refractivity contribution in [1.29, 1.82) is 0 Å². The molecule has 3 heterocycles. The Balaban J connectivity index is 1.59.